The van der Waals surface area contributed by atoms with E-state index in [4.69, 9.17) is 11.6 Å². The predicted molar refractivity (Wildman–Crippen MR) is 62.5 cm³/mol. The van der Waals surface area contributed by atoms with E-state index in [1.165, 1.54) is 24.0 Å². The van der Waals surface area contributed by atoms with Crippen molar-refractivity contribution < 1.29 is 4.79 Å². The summed E-state index contributed by atoms with van der Waals surface area (Å²) >= 11 is 6.22. The number of benzene rings is 1. The van der Waals surface area contributed by atoms with Gasteiger partial charge in [0.25, 0.3) is 0 Å². The minimum atomic E-state index is 0.196. The summed E-state index contributed by atoms with van der Waals surface area (Å²) in [5.74, 6) is 0.196. The fraction of sp³-hybridized carbons (Fsp3) is 0.462. The summed E-state index contributed by atoms with van der Waals surface area (Å²) in [6.07, 6.45) is 5.19. The number of carbonyl (C=O) groups excluding carboxylic acids is 1. The summed E-state index contributed by atoms with van der Waals surface area (Å²) in [5.41, 5.74) is 3.72. The maximum absolute atomic E-state index is 11.0. The molecule has 0 radical (unpaired) electrons. The van der Waals surface area contributed by atoms with E-state index in [0.717, 1.165) is 23.4 Å². The van der Waals surface area contributed by atoms with Crippen molar-refractivity contribution >= 4 is 17.4 Å². The predicted octanol–water partition coefficient (Wildman–Crippen LogP) is 3.35. The third-order valence-corrected chi connectivity index (χ3v) is 3.26. The summed E-state index contributed by atoms with van der Waals surface area (Å²) in [7, 11) is 0. The zero-order valence-corrected chi connectivity index (χ0v) is 9.73. The Morgan fingerprint density at radius 1 is 1.33 bits per heavy atom. The van der Waals surface area contributed by atoms with E-state index in [-0.39, 0.29) is 5.78 Å². The molecule has 0 amide bonds. The molecule has 1 aliphatic rings. The van der Waals surface area contributed by atoms with E-state index < -0.39 is 0 Å². The van der Waals surface area contributed by atoms with Crippen LogP contribution in [0.5, 0.6) is 0 Å². The Bertz CT molecular complexity index is 396. The summed E-state index contributed by atoms with van der Waals surface area (Å²) in [6, 6.07) is 4.11. The minimum absolute atomic E-state index is 0.196. The van der Waals surface area contributed by atoms with Crippen LogP contribution in [0.25, 0.3) is 0 Å². The van der Waals surface area contributed by atoms with Gasteiger partial charge < -0.3 is 0 Å². The lowest BCUT2D eigenvalue weighted by molar-refractivity contribution is -0.116. The second-order valence-electron chi connectivity index (χ2n) is 4.30. The largest absolute Gasteiger partial charge is 0.300 e. The first-order valence-electron chi connectivity index (χ1n) is 5.46. The van der Waals surface area contributed by atoms with Gasteiger partial charge in [-0.1, -0.05) is 17.7 Å². The maximum atomic E-state index is 11.0. The van der Waals surface area contributed by atoms with Crippen molar-refractivity contribution in [3.63, 3.8) is 0 Å². The van der Waals surface area contributed by atoms with E-state index >= 15 is 0 Å². The Labute approximate surface area is 95.4 Å². The molecule has 0 N–H and O–H groups in total. The van der Waals surface area contributed by atoms with Gasteiger partial charge in [0.05, 0.1) is 0 Å². The molecule has 0 heterocycles. The molecule has 0 bridgehead atoms. The lowest BCUT2D eigenvalue weighted by Crippen LogP contribution is -2.06. The number of hydrogen-bond donors (Lipinski definition) is 0. The molecule has 0 spiro atoms. The molecule has 0 aromatic heterocycles. The van der Waals surface area contributed by atoms with Crippen molar-refractivity contribution in [2.45, 2.75) is 39.0 Å². The van der Waals surface area contributed by atoms with Gasteiger partial charge in [0.2, 0.25) is 0 Å². The summed E-state index contributed by atoms with van der Waals surface area (Å²) < 4.78 is 0. The average Bonchev–Trinajstić information content (AvgIpc) is 2.16. The lowest BCUT2D eigenvalue weighted by Gasteiger charge is -2.18. The molecule has 1 aromatic rings. The molecule has 1 aliphatic carbocycles. The van der Waals surface area contributed by atoms with Crippen molar-refractivity contribution in [3.05, 3.63) is 33.8 Å². The Kier molecular flexibility index (Phi) is 3.11. The van der Waals surface area contributed by atoms with Crippen LogP contribution < -0.4 is 0 Å². The second-order valence-corrected chi connectivity index (χ2v) is 4.71. The zero-order valence-electron chi connectivity index (χ0n) is 8.98. The van der Waals surface area contributed by atoms with Gasteiger partial charge in [0.1, 0.15) is 5.78 Å². The molecule has 0 saturated carbocycles. The van der Waals surface area contributed by atoms with Gasteiger partial charge in [-0.3, -0.25) is 4.79 Å². The van der Waals surface area contributed by atoms with Crippen LogP contribution in [-0.4, -0.2) is 5.78 Å². The quantitative estimate of drug-likeness (QED) is 0.750. The molecule has 15 heavy (non-hydrogen) atoms. The number of hydrogen-bond acceptors (Lipinski definition) is 1. The second kappa shape index (κ2) is 4.36. The highest BCUT2D eigenvalue weighted by Crippen LogP contribution is 2.29. The lowest BCUT2D eigenvalue weighted by atomic mass is 9.89. The fourth-order valence-electron chi connectivity index (χ4n) is 2.27. The van der Waals surface area contributed by atoms with Gasteiger partial charge in [-0.15, -0.1) is 0 Å². The highest BCUT2D eigenvalue weighted by molar-refractivity contribution is 6.31. The molecule has 0 fully saturated rings. The van der Waals surface area contributed by atoms with Crippen molar-refractivity contribution in [1.29, 1.82) is 0 Å². The normalized spacial score (nSPS) is 14.8. The van der Waals surface area contributed by atoms with Crippen LogP contribution >= 0.6 is 11.6 Å². The van der Waals surface area contributed by atoms with Gasteiger partial charge >= 0.3 is 0 Å². The van der Waals surface area contributed by atoms with Crippen LogP contribution in [0.3, 0.4) is 0 Å². The topological polar surface area (TPSA) is 17.1 Å². The van der Waals surface area contributed by atoms with E-state index in [9.17, 15) is 4.79 Å². The number of carbonyl (C=O) groups is 1. The first-order valence-corrected chi connectivity index (χ1v) is 5.84. The van der Waals surface area contributed by atoms with E-state index in [0.29, 0.717) is 6.42 Å². The summed E-state index contributed by atoms with van der Waals surface area (Å²) in [5, 5.41) is 0.850. The smallest absolute Gasteiger partial charge is 0.134 e. The standard InChI is InChI=1S/C13H15ClO/c1-9(15)6-10-7-11-4-2-3-5-12(11)13(14)8-10/h7-8H,2-6H2,1H3. The molecule has 0 saturated heterocycles. The van der Waals surface area contributed by atoms with Crippen LogP contribution in [0.15, 0.2) is 12.1 Å². The molecule has 2 rings (SSSR count). The molecule has 0 unspecified atom stereocenters. The Hall–Kier alpha value is -0.820. The summed E-state index contributed by atoms with van der Waals surface area (Å²) in [4.78, 5) is 11.0. The van der Waals surface area contributed by atoms with Crippen molar-refractivity contribution in [3.8, 4) is 0 Å². The monoisotopic (exact) mass is 222 g/mol. The molecule has 2 heteroatoms. The van der Waals surface area contributed by atoms with Crippen molar-refractivity contribution in [2.75, 3.05) is 0 Å². The van der Waals surface area contributed by atoms with E-state index in [1.54, 1.807) is 6.92 Å². The Morgan fingerprint density at radius 2 is 2.07 bits per heavy atom. The molecule has 0 aliphatic heterocycles. The Morgan fingerprint density at radius 3 is 2.80 bits per heavy atom. The van der Waals surface area contributed by atoms with Gasteiger partial charge in [-0.2, -0.15) is 0 Å². The number of aryl methyl sites for hydroxylation is 1. The van der Waals surface area contributed by atoms with Crippen LogP contribution in [0.2, 0.25) is 5.02 Å². The minimum Gasteiger partial charge on any atom is -0.300 e. The van der Waals surface area contributed by atoms with E-state index in [2.05, 4.69) is 6.07 Å². The van der Waals surface area contributed by atoms with Crippen molar-refractivity contribution in [2.24, 2.45) is 0 Å². The van der Waals surface area contributed by atoms with Gasteiger partial charge in [-0.25, -0.2) is 0 Å². The molecular weight excluding hydrogens is 208 g/mol. The third-order valence-electron chi connectivity index (χ3n) is 2.92. The highest BCUT2D eigenvalue weighted by Gasteiger charge is 2.14. The Balaban J connectivity index is 2.36. The first-order chi connectivity index (χ1) is 7.16. The third kappa shape index (κ3) is 2.40. The maximum Gasteiger partial charge on any atom is 0.134 e. The highest BCUT2D eigenvalue weighted by atomic mass is 35.5. The van der Waals surface area contributed by atoms with E-state index in [1.807, 2.05) is 6.07 Å². The fourth-order valence-corrected chi connectivity index (χ4v) is 2.62. The van der Waals surface area contributed by atoms with Crippen molar-refractivity contribution in [1.82, 2.24) is 0 Å². The number of ketones is 1. The SMILES string of the molecule is CC(=O)Cc1cc(Cl)c2c(c1)CCCC2. The average molecular weight is 223 g/mol. The summed E-state index contributed by atoms with van der Waals surface area (Å²) in [6.45, 7) is 1.62. The van der Waals surface area contributed by atoms with Crippen LogP contribution in [0.1, 0.15) is 36.5 Å². The van der Waals surface area contributed by atoms with Crippen LogP contribution in [0.4, 0.5) is 0 Å². The van der Waals surface area contributed by atoms with Crippen LogP contribution in [0, 0.1) is 0 Å². The van der Waals surface area contributed by atoms with Crippen LogP contribution in [-0.2, 0) is 24.1 Å². The number of halogens is 1. The number of fused-ring (bicyclic) bond motifs is 1. The molecular formula is C13H15ClO. The molecule has 1 nitrogen and oxygen atoms in total. The van der Waals surface area contributed by atoms with Gasteiger partial charge in [0, 0.05) is 11.4 Å². The van der Waals surface area contributed by atoms with Gasteiger partial charge in [0.15, 0.2) is 0 Å². The number of Topliss-reactive ketones (excluding diaryl/α,β-unsaturated/α-hetero) is 1. The number of rotatable bonds is 2. The molecule has 0 atom stereocenters. The van der Waals surface area contributed by atoms with Gasteiger partial charge in [-0.05, 0) is 55.4 Å². The first kappa shape index (κ1) is 10.7. The zero-order chi connectivity index (χ0) is 10.8. The molecule has 1 aromatic carbocycles. The molecule has 80 valence electrons.